The van der Waals surface area contributed by atoms with E-state index in [2.05, 4.69) is 194 Å². The Bertz CT molecular complexity index is 3320. The predicted octanol–water partition coefficient (Wildman–Crippen LogP) is 14.6. The largest absolute Gasteiger partial charge is 0.0731 e. The van der Waals surface area contributed by atoms with Gasteiger partial charge in [-0.3, -0.25) is 0 Å². The summed E-state index contributed by atoms with van der Waals surface area (Å²) in [6.45, 7) is 0. The molecule has 0 unspecified atom stereocenters. The summed E-state index contributed by atoms with van der Waals surface area (Å²) in [4.78, 5) is 0. The molecule has 0 aliphatic heterocycles. The number of hydrogen-bond donors (Lipinski definition) is 0. The number of benzene rings is 11. The quantitative estimate of drug-likeness (QED) is 0.158. The first-order valence-electron chi connectivity index (χ1n) is 19.3. The van der Waals surface area contributed by atoms with Gasteiger partial charge in [0.15, 0.2) is 0 Å². The molecular formula is C55H32. The number of rotatable bonds is 2. The molecule has 0 heteroatoms. The molecule has 0 fully saturated rings. The summed E-state index contributed by atoms with van der Waals surface area (Å²) in [6, 6.07) is 73.6. The minimum atomic E-state index is -0.490. The van der Waals surface area contributed by atoms with E-state index < -0.39 is 5.41 Å². The zero-order valence-corrected chi connectivity index (χ0v) is 30.0. The Morgan fingerprint density at radius 2 is 0.818 bits per heavy atom. The molecule has 1 spiro atoms. The van der Waals surface area contributed by atoms with Gasteiger partial charge in [0.1, 0.15) is 0 Å². The van der Waals surface area contributed by atoms with Crippen LogP contribution in [0.5, 0.6) is 0 Å². The number of fused-ring (bicyclic) bond motifs is 13. The van der Waals surface area contributed by atoms with Crippen LogP contribution in [0, 0.1) is 0 Å². The fraction of sp³-hybridized carbons (Fsp3) is 0.0182. The lowest BCUT2D eigenvalue weighted by Crippen LogP contribution is -2.26. The first-order chi connectivity index (χ1) is 27.3. The highest BCUT2D eigenvalue weighted by Gasteiger charge is 2.53. The zero-order chi connectivity index (χ0) is 35.8. The molecule has 0 bridgehead atoms. The molecule has 2 aliphatic rings. The molecule has 13 rings (SSSR count). The molecule has 0 amide bonds. The van der Waals surface area contributed by atoms with Gasteiger partial charge in [0.2, 0.25) is 0 Å². The minimum absolute atomic E-state index is 0.490. The smallest absolute Gasteiger partial charge is 0.0619 e. The SMILES string of the molecule is c1ccc2c(c1)-c1ccccc1C21c2cc(-c3cc4ccc5cccc6ccc(c3)c4c56)ccc2-c2c(-c3ccc4ccccc4c3)cc3ccccc3c21. The van der Waals surface area contributed by atoms with Gasteiger partial charge >= 0.3 is 0 Å². The summed E-state index contributed by atoms with van der Waals surface area (Å²) in [5, 5.41) is 13.0. The highest BCUT2D eigenvalue weighted by molar-refractivity contribution is 6.24. The first-order valence-corrected chi connectivity index (χ1v) is 19.3. The summed E-state index contributed by atoms with van der Waals surface area (Å²) < 4.78 is 0. The predicted molar refractivity (Wildman–Crippen MR) is 232 cm³/mol. The molecule has 0 saturated heterocycles. The van der Waals surface area contributed by atoms with Crippen LogP contribution in [0.15, 0.2) is 194 Å². The van der Waals surface area contributed by atoms with Crippen molar-refractivity contribution in [2.45, 2.75) is 5.41 Å². The van der Waals surface area contributed by atoms with Gasteiger partial charge in [0, 0.05) is 0 Å². The van der Waals surface area contributed by atoms with Gasteiger partial charge in [-0.15, -0.1) is 0 Å². The van der Waals surface area contributed by atoms with E-state index in [9.17, 15) is 0 Å². The highest BCUT2D eigenvalue weighted by atomic mass is 14.5. The van der Waals surface area contributed by atoms with Gasteiger partial charge in [-0.1, -0.05) is 164 Å². The van der Waals surface area contributed by atoms with Gasteiger partial charge < -0.3 is 0 Å². The van der Waals surface area contributed by atoms with Crippen molar-refractivity contribution in [3.8, 4) is 44.5 Å². The molecule has 11 aromatic carbocycles. The summed E-state index contributed by atoms with van der Waals surface area (Å²) >= 11 is 0. The van der Waals surface area contributed by atoms with E-state index in [1.807, 2.05) is 0 Å². The summed E-state index contributed by atoms with van der Waals surface area (Å²) in [5.74, 6) is 0. The Morgan fingerprint density at radius 3 is 1.56 bits per heavy atom. The van der Waals surface area contributed by atoms with Crippen molar-refractivity contribution >= 4 is 53.9 Å². The van der Waals surface area contributed by atoms with Gasteiger partial charge in [0.25, 0.3) is 0 Å². The van der Waals surface area contributed by atoms with Crippen LogP contribution in [-0.4, -0.2) is 0 Å². The van der Waals surface area contributed by atoms with Crippen LogP contribution in [0.1, 0.15) is 22.3 Å². The Balaban J connectivity index is 1.16. The highest BCUT2D eigenvalue weighted by Crippen LogP contribution is 2.66. The van der Waals surface area contributed by atoms with E-state index in [1.165, 1.54) is 121 Å². The Hall–Kier alpha value is -7.02. The average molecular weight is 693 g/mol. The standard InChI is InChI=1S/C55H32/c1-2-11-36-28-39(23-20-33(36)10-1)47-31-38-12-3-4-15-43(38)54-53(47)46-27-26-37(32-50(46)55(54)48-18-7-5-16-44(48)45-17-6-8-19-49(45)55)42-29-40-24-21-34-13-9-14-35-22-25-41(30-42)52(40)51(34)35/h1-32H. The minimum Gasteiger partial charge on any atom is -0.0619 e. The molecule has 55 heavy (non-hydrogen) atoms. The van der Waals surface area contributed by atoms with E-state index >= 15 is 0 Å². The molecule has 11 aromatic rings. The maximum Gasteiger partial charge on any atom is 0.0731 e. The molecule has 0 nitrogen and oxygen atoms in total. The fourth-order valence-corrected chi connectivity index (χ4v) is 10.7. The molecule has 0 heterocycles. The lowest BCUT2D eigenvalue weighted by atomic mass is 9.69. The second-order valence-corrected chi connectivity index (χ2v) is 15.6. The molecule has 0 atom stereocenters. The van der Waals surface area contributed by atoms with Gasteiger partial charge in [-0.2, -0.15) is 0 Å². The van der Waals surface area contributed by atoms with Crippen molar-refractivity contribution < 1.29 is 0 Å². The monoisotopic (exact) mass is 692 g/mol. The van der Waals surface area contributed by atoms with Gasteiger partial charge in [0.05, 0.1) is 5.41 Å². The van der Waals surface area contributed by atoms with Crippen LogP contribution in [-0.2, 0) is 5.41 Å². The van der Waals surface area contributed by atoms with Crippen LogP contribution in [0.4, 0.5) is 0 Å². The van der Waals surface area contributed by atoms with E-state index in [4.69, 9.17) is 0 Å². The van der Waals surface area contributed by atoms with Crippen molar-refractivity contribution in [3.05, 3.63) is 216 Å². The zero-order valence-electron chi connectivity index (χ0n) is 30.0. The molecule has 0 N–H and O–H groups in total. The second kappa shape index (κ2) is 10.6. The maximum atomic E-state index is 2.54. The van der Waals surface area contributed by atoms with Crippen molar-refractivity contribution in [3.63, 3.8) is 0 Å². The van der Waals surface area contributed by atoms with Crippen molar-refractivity contribution in [1.82, 2.24) is 0 Å². The number of hydrogen-bond acceptors (Lipinski definition) is 0. The molecule has 2 aliphatic carbocycles. The van der Waals surface area contributed by atoms with E-state index in [0.29, 0.717) is 0 Å². The fourth-order valence-electron chi connectivity index (χ4n) is 10.7. The van der Waals surface area contributed by atoms with Gasteiger partial charge in [-0.25, -0.2) is 0 Å². The van der Waals surface area contributed by atoms with Crippen LogP contribution in [0.25, 0.3) is 98.4 Å². The van der Waals surface area contributed by atoms with E-state index in [0.717, 1.165) is 0 Å². The third-order valence-electron chi connectivity index (χ3n) is 12.9. The third-order valence-corrected chi connectivity index (χ3v) is 12.9. The van der Waals surface area contributed by atoms with Crippen LogP contribution < -0.4 is 0 Å². The molecular weight excluding hydrogens is 661 g/mol. The van der Waals surface area contributed by atoms with Crippen molar-refractivity contribution in [1.29, 1.82) is 0 Å². The Kier molecular flexibility index (Phi) is 5.65. The van der Waals surface area contributed by atoms with Crippen molar-refractivity contribution in [2.75, 3.05) is 0 Å². The van der Waals surface area contributed by atoms with E-state index in [1.54, 1.807) is 0 Å². The topological polar surface area (TPSA) is 0 Å². The first kappa shape index (κ1) is 29.4. The Labute approximate surface area is 318 Å². The summed E-state index contributed by atoms with van der Waals surface area (Å²) in [6.07, 6.45) is 0. The molecule has 252 valence electrons. The summed E-state index contributed by atoms with van der Waals surface area (Å²) in [7, 11) is 0. The summed E-state index contributed by atoms with van der Waals surface area (Å²) in [5.41, 5.74) is 15.3. The van der Waals surface area contributed by atoms with Gasteiger partial charge in [-0.05, 0) is 151 Å². The van der Waals surface area contributed by atoms with E-state index in [-0.39, 0.29) is 0 Å². The molecule has 0 saturated carbocycles. The van der Waals surface area contributed by atoms with Crippen molar-refractivity contribution in [2.24, 2.45) is 0 Å². The molecule has 0 aromatic heterocycles. The molecule has 0 radical (unpaired) electrons. The van der Waals surface area contributed by atoms with Crippen LogP contribution >= 0.6 is 0 Å². The average Bonchev–Trinajstić information content (AvgIpc) is 3.72. The lowest BCUT2D eigenvalue weighted by molar-refractivity contribution is 0.802. The lowest BCUT2D eigenvalue weighted by Gasteiger charge is -2.32. The second-order valence-electron chi connectivity index (χ2n) is 15.6. The Morgan fingerprint density at radius 1 is 0.273 bits per heavy atom. The normalized spacial score (nSPS) is 13.6. The van der Waals surface area contributed by atoms with Crippen LogP contribution in [0.2, 0.25) is 0 Å². The third kappa shape index (κ3) is 3.76. The maximum absolute atomic E-state index is 2.54. The van der Waals surface area contributed by atoms with Crippen LogP contribution in [0.3, 0.4) is 0 Å².